The van der Waals surface area contributed by atoms with Gasteiger partial charge in [0.2, 0.25) is 5.91 Å². The molecule has 1 aliphatic carbocycles. The van der Waals surface area contributed by atoms with Crippen molar-refractivity contribution in [2.75, 3.05) is 26.7 Å². The van der Waals surface area contributed by atoms with E-state index in [2.05, 4.69) is 17.1 Å². The summed E-state index contributed by atoms with van der Waals surface area (Å²) in [6, 6.07) is 0. The summed E-state index contributed by atoms with van der Waals surface area (Å²) in [7, 11) is 1.98. The van der Waals surface area contributed by atoms with Gasteiger partial charge in [-0.15, -0.1) is 0 Å². The number of amides is 1. The molecule has 0 N–H and O–H groups in total. The van der Waals surface area contributed by atoms with Gasteiger partial charge in [0, 0.05) is 18.8 Å². The second-order valence-electron chi connectivity index (χ2n) is 3.94. The maximum absolute atomic E-state index is 11.8. The van der Waals surface area contributed by atoms with Gasteiger partial charge in [0.1, 0.15) is 0 Å². The molecule has 0 spiro atoms. The van der Waals surface area contributed by atoms with Crippen LogP contribution in [0.15, 0.2) is 36.1 Å². The Morgan fingerprint density at radius 3 is 2.93 bits per heavy atom. The zero-order chi connectivity index (χ0) is 10.7. The zero-order valence-corrected chi connectivity index (χ0v) is 9.02. The molecule has 0 aromatic rings. The standard InChI is InChI=1S/C12H16N2O/c1-13-8-9-14(12(15)10-13)11-6-4-2-3-5-7-11/h2,4-7H,3,8-10H2,1H3. The first-order valence-corrected chi connectivity index (χ1v) is 5.29. The predicted molar refractivity (Wildman–Crippen MR) is 60.2 cm³/mol. The van der Waals surface area contributed by atoms with E-state index in [1.54, 1.807) is 0 Å². The molecule has 1 heterocycles. The molecule has 0 radical (unpaired) electrons. The maximum Gasteiger partial charge on any atom is 0.241 e. The summed E-state index contributed by atoms with van der Waals surface area (Å²) in [5, 5.41) is 0. The number of hydrogen-bond donors (Lipinski definition) is 0. The van der Waals surface area contributed by atoms with E-state index < -0.39 is 0 Å². The minimum absolute atomic E-state index is 0.190. The fourth-order valence-electron chi connectivity index (χ4n) is 1.81. The third kappa shape index (κ3) is 2.36. The molecule has 1 aliphatic heterocycles. The molecule has 0 unspecified atom stereocenters. The van der Waals surface area contributed by atoms with E-state index in [1.165, 1.54) is 0 Å². The highest BCUT2D eigenvalue weighted by molar-refractivity contribution is 5.81. The van der Waals surface area contributed by atoms with Gasteiger partial charge < -0.3 is 4.90 Å². The van der Waals surface area contributed by atoms with Gasteiger partial charge in [-0.05, 0) is 25.6 Å². The highest BCUT2D eigenvalue weighted by Gasteiger charge is 2.22. The van der Waals surface area contributed by atoms with Gasteiger partial charge in [-0.3, -0.25) is 9.69 Å². The van der Waals surface area contributed by atoms with Crippen molar-refractivity contribution in [1.82, 2.24) is 9.80 Å². The number of allylic oxidation sites excluding steroid dienone is 5. The topological polar surface area (TPSA) is 23.6 Å². The lowest BCUT2D eigenvalue weighted by Gasteiger charge is -2.32. The molecular formula is C12H16N2O. The summed E-state index contributed by atoms with van der Waals surface area (Å²) in [6.45, 7) is 2.26. The molecule has 1 fully saturated rings. The summed E-state index contributed by atoms with van der Waals surface area (Å²) in [5.41, 5.74) is 1.02. The minimum atomic E-state index is 0.190. The largest absolute Gasteiger partial charge is 0.310 e. The predicted octanol–water partition coefficient (Wildman–Crippen LogP) is 1.16. The van der Waals surface area contributed by atoms with E-state index >= 15 is 0 Å². The highest BCUT2D eigenvalue weighted by atomic mass is 16.2. The van der Waals surface area contributed by atoms with Gasteiger partial charge in [-0.25, -0.2) is 0 Å². The monoisotopic (exact) mass is 204 g/mol. The van der Waals surface area contributed by atoms with Crippen LogP contribution in [0.1, 0.15) is 6.42 Å². The first-order chi connectivity index (χ1) is 7.27. The summed E-state index contributed by atoms with van der Waals surface area (Å²) in [4.78, 5) is 15.7. The number of carbonyl (C=O) groups is 1. The molecule has 80 valence electrons. The van der Waals surface area contributed by atoms with Gasteiger partial charge >= 0.3 is 0 Å². The Bertz CT molecular complexity index is 342. The number of piperazine rings is 1. The SMILES string of the molecule is CN1CCN(C2=CC=CCC=C2)C(=O)C1. The molecular weight excluding hydrogens is 188 g/mol. The van der Waals surface area contributed by atoms with Crippen molar-refractivity contribution in [3.8, 4) is 0 Å². The van der Waals surface area contributed by atoms with Crippen molar-refractivity contribution >= 4 is 5.91 Å². The van der Waals surface area contributed by atoms with Gasteiger partial charge in [0.05, 0.1) is 6.54 Å². The Kier molecular flexibility index (Phi) is 3.02. The van der Waals surface area contributed by atoms with Crippen LogP contribution in [0.5, 0.6) is 0 Å². The van der Waals surface area contributed by atoms with Crippen LogP contribution in [-0.2, 0) is 4.79 Å². The normalized spacial score (nSPS) is 22.9. The molecule has 3 nitrogen and oxygen atoms in total. The van der Waals surface area contributed by atoms with Crippen molar-refractivity contribution in [2.24, 2.45) is 0 Å². The van der Waals surface area contributed by atoms with Crippen molar-refractivity contribution in [3.63, 3.8) is 0 Å². The molecule has 0 saturated carbocycles. The number of nitrogens with zero attached hydrogens (tertiary/aromatic N) is 2. The number of hydrogen-bond acceptors (Lipinski definition) is 2. The fraction of sp³-hybridized carbons (Fsp3) is 0.417. The average Bonchev–Trinajstić information content (AvgIpc) is 2.46. The van der Waals surface area contributed by atoms with E-state index in [1.807, 2.05) is 30.2 Å². The maximum atomic E-state index is 11.8. The lowest BCUT2D eigenvalue weighted by molar-refractivity contribution is -0.132. The first kappa shape index (κ1) is 10.2. The van der Waals surface area contributed by atoms with Crippen LogP contribution in [0.3, 0.4) is 0 Å². The molecule has 0 aromatic heterocycles. The van der Waals surface area contributed by atoms with Gasteiger partial charge in [-0.1, -0.05) is 18.2 Å². The number of carbonyl (C=O) groups excluding carboxylic acids is 1. The van der Waals surface area contributed by atoms with Crippen LogP contribution in [0.2, 0.25) is 0 Å². The first-order valence-electron chi connectivity index (χ1n) is 5.29. The second kappa shape index (κ2) is 4.45. The fourth-order valence-corrected chi connectivity index (χ4v) is 1.81. The molecule has 0 bridgehead atoms. The lowest BCUT2D eigenvalue weighted by Crippen LogP contribution is -2.47. The Morgan fingerprint density at radius 1 is 1.27 bits per heavy atom. The molecule has 2 aliphatic rings. The van der Waals surface area contributed by atoms with Gasteiger partial charge in [-0.2, -0.15) is 0 Å². The van der Waals surface area contributed by atoms with E-state index in [9.17, 15) is 4.79 Å². The van der Waals surface area contributed by atoms with E-state index in [0.29, 0.717) is 6.54 Å². The van der Waals surface area contributed by atoms with E-state index in [4.69, 9.17) is 0 Å². The number of rotatable bonds is 1. The van der Waals surface area contributed by atoms with E-state index in [-0.39, 0.29) is 5.91 Å². The summed E-state index contributed by atoms with van der Waals surface area (Å²) in [6.07, 6.45) is 11.2. The Hall–Kier alpha value is -1.35. The van der Waals surface area contributed by atoms with Crippen LogP contribution in [0.25, 0.3) is 0 Å². The van der Waals surface area contributed by atoms with Crippen LogP contribution < -0.4 is 0 Å². The zero-order valence-electron chi connectivity index (χ0n) is 9.02. The quantitative estimate of drug-likeness (QED) is 0.640. The van der Waals surface area contributed by atoms with Gasteiger partial charge in [0.15, 0.2) is 0 Å². The van der Waals surface area contributed by atoms with Gasteiger partial charge in [0.25, 0.3) is 0 Å². The third-order valence-electron chi connectivity index (χ3n) is 2.69. The van der Waals surface area contributed by atoms with Crippen molar-refractivity contribution in [1.29, 1.82) is 0 Å². The molecule has 0 atom stereocenters. The smallest absolute Gasteiger partial charge is 0.241 e. The van der Waals surface area contributed by atoms with Crippen LogP contribution >= 0.6 is 0 Å². The highest BCUT2D eigenvalue weighted by Crippen LogP contribution is 2.13. The molecule has 1 saturated heterocycles. The molecule has 2 rings (SSSR count). The van der Waals surface area contributed by atoms with Crippen molar-refractivity contribution < 1.29 is 4.79 Å². The second-order valence-corrected chi connectivity index (χ2v) is 3.94. The Balaban J connectivity index is 2.13. The average molecular weight is 204 g/mol. The van der Waals surface area contributed by atoms with E-state index in [0.717, 1.165) is 25.2 Å². The Labute approximate surface area is 90.4 Å². The summed E-state index contributed by atoms with van der Waals surface area (Å²) < 4.78 is 0. The molecule has 1 amide bonds. The summed E-state index contributed by atoms with van der Waals surface area (Å²) in [5.74, 6) is 0.190. The molecule has 0 aromatic carbocycles. The van der Waals surface area contributed by atoms with Crippen LogP contribution in [-0.4, -0.2) is 42.4 Å². The van der Waals surface area contributed by atoms with Crippen molar-refractivity contribution in [3.05, 3.63) is 36.1 Å². The Morgan fingerprint density at radius 2 is 2.13 bits per heavy atom. The van der Waals surface area contributed by atoms with Crippen LogP contribution in [0.4, 0.5) is 0 Å². The lowest BCUT2D eigenvalue weighted by atomic mass is 10.2. The van der Waals surface area contributed by atoms with Crippen molar-refractivity contribution in [2.45, 2.75) is 6.42 Å². The molecule has 15 heavy (non-hydrogen) atoms. The minimum Gasteiger partial charge on any atom is -0.310 e. The molecule has 3 heteroatoms. The van der Waals surface area contributed by atoms with Crippen LogP contribution in [0, 0.1) is 0 Å². The number of likely N-dealkylation sites (N-methyl/N-ethyl adjacent to an activating group) is 1. The summed E-state index contributed by atoms with van der Waals surface area (Å²) >= 11 is 0. The third-order valence-corrected chi connectivity index (χ3v) is 2.69.